The summed E-state index contributed by atoms with van der Waals surface area (Å²) in [5.74, 6) is 0. The second-order valence-electron chi connectivity index (χ2n) is 4.12. The summed E-state index contributed by atoms with van der Waals surface area (Å²) in [6.07, 6.45) is 0.00583. The van der Waals surface area contributed by atoms with Crippen molar-refractivity contribution in [2.24, 2.45) is 5.73 Å². The van der Waals surface area contributed by atoms with Gasteiger partial charge in [0.05, 0.1) is 5.60 Å². The first-order chi connectivity index (χ1) is 6.42. The lowest BCUT2D eigenvalue weighted by atomic mass is 10.1. The highest BCUT2D eigenvalue weighted by atomic mass is 79.9. The molecule has 0 radical (unpaired) electrons. The Hall–Kier alpha value is 0.1000. The van der Waals surface area contributed by atoms with Crippen LogP contribution in [0.2, 0.25) is 0 Å². The lowest BCUT2D eigenvalue weighted by Crippen LogP contribution is -2.26. The number of rotatable bonds is 3. The molecule has 2 N–H and O–H groups in total. The van der Waals surface area contributed by atoms with E-state index < -0.39 is 0 Å². The van der Waals surface area contributed by atoms with Crippen molar-refractivity contribution in [3.8, 4) is 0 Å². The first kappa shape index (κ1) is 12.2. The SMILES string of the molecule is CC(C)(C)OC(CN)c1cc(Br)cs1. The van der Waals surface area contributed by atoms with Crippen LogP contribution in [0.3, 0.4) is 0 Å². The predicted octanol–water partition coefficient (Wildman–Crippen LogP) is 3.33. The van der Waals surface area contributed by atoms with Gasteiger partial charge in [0.2, 0.25) is 0 Å². The van der Waals surface area contributed by atoms with Gasteiger partial charge in [-0.05, 0) is 42.8 Å². The Morgan fingerprint density at radius 2 is 2.21 bits per heavy atom. The van der Waals surface area contributed by atoms with Crippen molar-refractivity contribution < 1.29 is 4.74 Å². The maximum absolute atomic E-state index is 5.85. The Labute approximate surface area is 97.6 Å². The summed E-state index contributed by atoms with van der Waals surface area (Å²) in [7, 11) is 0. The van der Waals surface area contributed by atoms with Crippen LogP contribution >= 0.6 is 27.3 Å². The third-order valence-electron chi connectivity index (χ3n) is 1.61. The van der Waals surface area contributed by atoms with Gasteiger partial charge in [-0.2, -0.15) is 0 Å². The molecule has 1 rings (SSSR count). The molecule has 0 aliphatic rings. The van der Waals surface area contributed by atoms with E-state index in [1.807, 2.05) is 26.2 Å². The fraction of sp³-hybridized carbons (Fsp3) is 0.600. The summed E-state index contributed by atoms with van der Waals surface area (Å²) in [5.41, 5.74) is 5.54. The third-order valence-corrected chi connectivity index (χ3v) is 3.40. The zero-order valence-corrected chi connectivity index (χ0v) is 11.1. The molecule has 0 spiro atoms. The van der Waals surface area contributed by atoms with Gasteiger partial charge in [-0.15, -0.1) is 11.3 Å². The van der Waals surface area contributed by atoms with Gasteiger partial charge in [0.25, 0.3) is 0 Å². The van der Waals surface area contributed by atoms with Crippen molar-refractivity contribution in [1.29, 1.82) is 0 Å². The smallest absolute Gasteiger partial charge is 0.105 e. The van der Waals surface area contributed by atoms with E-state index in [2.05, 4.69) is 22.0 Å². The van der Waals surface area contributed by atoms with Crippen molar-refractivity contribution >= 4 is 27.3 Å². The molecule has 0 saturated carbocycles. The minimum Gasteiger partial charge on any atom is -0.366 e. The van der Waals surface area contributed by atoms with E-state index in [9.17, 15) is 0 Å². The average Bonchev–Trinajstić information content (AvgIpc) is 2.46. The van der Waals surface area contributed by atoms with E-state index in [1.165, 1.54) is 4.88 Å². The Bertz CT molecular complexity index is 293. The van der Waals surface area contributed by atoms with Crippen LogP contribution in [0.4, 0.5) is 0 Å². The first-order valence-corrected chi connectivity index (χ1v) is 6.21. The van der Waals surface area contributed by atoms with E-state index in [4.69, 9.17) is 10.5 Å². The van der Waals surface area contributed by atoms with Crippen LogP contribution in [-0.4, -0.2) is 12.1 Å². The van der Waals surface area contributed by atoms with Crippen LogP contribution < -0.4 is 5.73 Å². The summed E-state index contributed by atoms with van der Waals surface area (Å²) < 4.78 is 6.94. The molecule has 0 bridgehead atoms. The van der Waals surface area contributed by atoms with Gasteiger partial charge in [0.15, 0.2) is 0 Å². The Morgan fingerprint density at radius 3 is 2.57 bits per heavy atom. The highest BCUT2D eigenvalue weighted by molar-refractivity contribution is 9.10. The molecular formula is C10H16BrNOS. The van der Waals surface area contributed by atoms with Crippen molar-refractivity contribution in [3.05, 3.63) is 20.8 Å². The van der Waals surface area contributed by atoms with Crippen molar-refractivity contribution in [2.45, 2.75) is 32.5 Å². The minimum absolute atomic E-state index is 0.00583. The standard InChI is InChI=1S/C10H16BrNOS/c1-10(2,3)13-8(5-12)9-4-7(11)6-14-9/h4,6,8H,5,12H2,1-3H3. The number of hydrogen-bond donors (Lipinski definition) is 1. The zero-order valence-electron chi connectivity index (χ0n) is 8.71. The Kier molecular flexibility index (Phi) is 4.13. The van der Waals surface area contributed by atoms with E-state index in [-0.39, 0.29) is 11.7 Å². The summed E-state index contributed by atoms with van der Waals surface area (Å²) in [5, 5.41) is 2.05. The molecule has 1 aromatic rings. The first-order valence-electron chi connectivity index (χ1n) is 4.54. The Balaban J connectivity index is 2.72. The number of thiophene rings is 1. The van der Waals surface area contributed by atoms with Crippen molar-refractivity contribution in [1.82, 2.24) is 0 Å². The van der Waals surface area contributed by atoms with E-state index in [0.717, 1.165) is 4.47 Å². The molecule has 14 heavy (non-hydrogen) atoms. The van der Waals surface area contributed by atoms with Crippen LogP contribution in [-0.2, 0) is 4.74 Å². The lowest BCUT2D eigenvalue weighted by molar-refractivity contribution is -0.0557. The van der Waals surface area contributed by atoms with E-state index in [1.54, 1.807) is 11.3 Å². The predicted molar refractivity (Wildman–Crippen MR) is 64.7 cm³/mol. The van der Waals surface area contributed by atoms with Crippen molar-refractivity contribution in [3.63, 3.8) is 0 Å². The average molecular weight is 278 g/mol. The van der Waals surface area contributed by atoms with Crippen LogP contribution in [0.1, 0.15) is 31.8 Å². The van der Waals surface area contributed by atoms with Gasteiger partial charge in [0, 0.05) is 21.3 Å². The molecule has 80 valence electrons. The monoisotopic (exact) mass is 277 g/mol. The molecule has 2 nitrogen and oxygen atoms in total. The van der Waals surface area contributed by atoms with Gasteiger partial charge < -0.3 is 10.5 Å². The summed E-state index contributed by atoms with van der Waals surface area (Å²) in [6, 6.07) is 2.06. The normalized spacial score (nSPS) is 14.4. The molecule has 0 aliphatic carbocycles. The summed E-state index contributed by atoms with van der Waals surface area (Å²) in [6.45, 7) is 6.64. The minimum atomic E-state index is -0.152. The largest absolute Gasteiger partial charge is 0.366 e. The second-order valence-corrected chi connectivity index (χ2v) is 5.98. The summed E-state index contributed by atoms with van der Waals surface area (Å²) >= 11 is 5.09. The van der Waals surface area contributed by atoms with Gasteiger partial charge >= 0.3 is 0 Å². The zero-order chi connectivity index (χ0) is 10.8. The van der Waals surface area contributed by atoms with Gasteiger partial charge in [-0.3, -0.25) is 0 Å². The highest BCUT2D eigenvalue weighted by Gasteiger charge is 2.20. The van der Waals surface area contributed by atoms with Crippen LogP contribution in [0, 0.1) is 0 Å². The maximum Gasteiger partial charge on any atom is 0.105 e. The quantitative estimate of drug-likeness (QED) is 0.920. The number of nitrogens with two attached hydrogens (primary N) is 1. The number of hydrogen-bond acceptors (Lipinski definition) is 3. The second kappa shape index (κ2) is 4.75. The maximum atomic E-state index is 5.85. The molecule has 1 unspecified atom stereocenters. The van der Waals surface area contributed by atoms with Crippen LogP contribution in [0.15, 0.2) is 15.9 Å². The van der Waals surface area contributed by atoms with Gasteiger partial charge in [0.1, 0.15) is 6.10 Å². The van der Waals surface area contributed by atoms with Crippen LogP contribution in [0.5, 0.6) is 0 Å². The third kappa shape index (κ3) is 3.69. The molecule has 0 aliphatic heterocycles. The molecule has 4 heteroatoms. The molecule has 0 saturated heterocycles. The molecular weight excluding hydrogens is 262 g/mol. The fourth-order valence-corrected chi connectivity index (χ4v) is 2.63. The number of ether oxygens (including phenoxy) is 1. The lowest BCUT2D eigenvalue weighted by Gasteiger charge is -2.25. The molecule has 1 atom stereocenters. The summed E-state index contributed by atoms with van der Waals surface area (Å²) in [4.78, 5) is 1.18. The van der Waals surface area contributed by atoms with Crippen molar-refractivity contribution in [2.75, 3.05) is 6.54 Å². The van der Waals surface area contributed by atoms with Gasteiger partial charge in [-0.1, -0.05) is 0 Å². The highest BCUT2D eigenvalue weighted by Crippen LogP contribution is 2.30. The van der Waals surface area contributed by atoms with E-state index >= 15 is 0 Å². The molecule has 1 heterocycles. The molecule has 1 aromatic heterocycles. The molecule has 0 aromatic carbocycles. The number of halogens is 1. The molecule has 0 amide bonds. The fourth-order valence-electron chi connectivity index (χ4n) is 1.15. The van der Waals surface area contributed by atoms with E-state index in [0.29, 0.717) is 6.54 Å². The van der Waals surface area contributed by atoms with Gasteiger partial charge in [-0.25, -0.2) is 0 Å². The Morgan fingerprint density at radius 1 is 1.57 bits per heavy atom. The van der Waals surface area contributed by atoms with Crippen LogP contribution in [0.25, 0.3) is 0 Å². The topological polar surface area (TPSA) is 35.2 Å². The molecule has 0 fully saturated rings.